The van der Waals surface area contributed by atoms with Gasteiger partial charge < -0.3 is 10.2 Å². The third-order valence-corrected chi connectivity index (χ3v) is 3.12. The van der Waals surface area contributed by atoms with Crippen LogP contribution in [0.5, 0.6) is 0 Å². The van der Waals surface area contributed by atoms with Crippen molar-refractivity contribution in [2.75, 3.05) is 19.6 Å². The van der Waals surface area contributed by atoms with Crippen LogP contribution in [0.2, 0.25) is 0 Å². The number of carbonyl (C=O) groups is 1. The highest BCUT2D eigenvalue weighted by Gasteiger charge is 2.27. The van der Waals surface area contributed by atoms with Gasteiger partial charge in [0.15, 0.2) is 0 Å². The summed E-state index contributed by atoms with van der Waals surface area (Å²) < 4.78 is 1.63. The molecule has 1 atom stereocenters. The summed E-state index contributed by atoms with van der Waals surface area (Å²) in [6, 6.07) is 2.10. The number of aromatic nitrogens is 2. The Morgan fingerprint density at radius 2 is 2.56 bits per heavy atom. The molecule has 0 radical (unpaired) electrons. The molecule has 88 valence electrons. The van der Waals surface area contributed by atoms with Gasteiger partial charge in [-0.3, -0.25) is 9.48 Å². The van der Waals surface area contributed by atoms with E-state index in [0.29, 0.717) is 11.7 Å². The van der Waals surface area contributed by atoms with E-state index >= 15 is 0 Å². The molecule has 1 unspecified atom stereocenters. The molecular formula is C11H18N4O. The van der Waals surface area contributed by atoms with Crippen molar-refractivity contribution in [1.29, 1.82) is 0 Å². The second kappa shape index (κ2) is 4.65. The summed E-state index contributed by atoms with van der Waals surface area (Å²) in [6.45, 7) is 4.67. The molecule has 0 bridgehead atoms. The summed E-state index contributed by atoms with van der Waals surface area (Å²) in [7, 11) is 1.80. The number of amides is 1. The molecule has 16 heavy (non-hydrogen) atoms. The highest BCUT2D eigenvalue weighted by molar-refractivity contribution is 5.92. The number of carbonyl (C=O) groups excluding carboxylic acids is 1. The highest BCUT2D eigenvalue weighted by Crippen LogP contribution is 2.12. The fraction of sp³-hybridized carbons (Fsp3) is 0.636. The van der Waals surface area contributed by atoms with E-state index in [9.17, 15) is 4.79 Å². The predicted molar refractivity (Wildman–Crippen MR) is 61.2 cm³/mol. The Bertz CT molecular complexity index is 368. The zero-order valence-electron chi connectivity index (χ0n) is 9.81. The van der Waals surface area contributed by atoms with E-state index in [1.807, 2.05) is 11.8 Å². The minimum atomic E-state index is 0.0798. The lowest BCUT2D eigenvalue weighted by molar-refractivity contribution is 0.0692. The minimum absolute atomic E-state index is 0.0798. The van der Waals surface area contributed by atoms with Crippen LogP contribution in [-0.4, -0.2) is 46.3 Å². The van der Waals surface area contributed by atoms with Crippen molar-refractivity contribution in [3.8, 4) is 0 Å². The molecule has 2 rings (SSSR count). The van der Waals surface area contributed by atoms with Crippen molar-refractivity contribution in [1.82, 2.24) is 20.0 Å². The average molecular weight is 222 g/mol. The molecule has 1 saturated heterocycles. The molecule has 1 aromatic heterocycles. The molecule has 2 heterocycles. The SMILES string of the molecule is CCN(C(=O)c1ccnn1C)C1CCNC1. The van der Waals surface area contributed by atoms with Gasteiger partial charge in [-0.15, -0.1) is 0 Å². The predicted octanol–water partition coefficient (Wildman–Crippen LogP) is 0.244. The maximum atomic E-state index is 12.3. The van der Waals surface area contributed by atoms with Gasteiger partial charge in [-0.25, -0.2) is 0 Å². The first-order chi connectivity index (χ1) is 7.74. The number of nitrogens with zero attached hydrogens (tertiary/aromatic N) is 3. The van der Waals surface area contributed by atoms with E-state index < -0.39 is 0 Å². The summed E-state index contributed by atoms with van der Waals surface area (Å²) in [5, 5.41) is 7.32. The van der Waals surface area contributed by atoms with Crippen LogP contribution in [0, 0.1) is 0 Å². The number of hydrogen-bond acceptors (Lipinski definition) is 3. The third kappa shape index (κ3) is 1.95. The number of likely N-dealkylation sites (N-methyl/N-ethyl adjacent to an activating group) is 1. The summed E-state index contributed by atoms with van der Waals surface area (Å²) >= 11 is 0. The molecule has 5 heteroatoms. The molecule has 5 nitrogen and oxygen atoms in total. The van der Waals surface area contributed by atoms with Crippen molar-refractivity contribution < 1.29 is 4.79 Å². The summed E-state index contributed by atoms with van der Waals surface area (Å²) in [4.78, 5) is 14.2. The first-order valence-corrected chi connectivity index (χ1v) is 5.73. The van der Waals surface area contributed by atoms with Crippen molar-refractivity contribution in [3.63, 3.8) is 0 Å². The Morgan fingerprint density at radius 1 is 1.75 bits per heavy atom. The van der Waals surface area contributed by atoms with Gasteiger partial charge in [0.2, 0.25) is 0 Å². The molecular weight excluding hydrogens is 204 g/mol. The molecule has 0 aliphatic carbocycles. The molecule has 1 aliphatic heterocycles. The summed E-state index contributed by atoms with van der Waals surface area (Å²) in [5.74, 6) is 0.0798. The topological polar surface area (TPSA) is 50.2 Å². The molecule has 1 amide bonds. The van der Waals surface area contributed by atoms with Crippen LogP contribution in [0.15, 0.2) is 12.3 Å². The van der Waals surface area contributed by atoms with Crippen LogP contribution in [0.4, 0.5) is 0 Å². The summed E-state index contributed by atoms with van der Waals surface area (Å²) in [5.41, 5.74) is 0.661. The van der Waals surface area contributed by atoms with Crippen LogP contribution in [0.25, 0.3) is 0 Å². The number of aryl methyl sites for hydroxylation is 1. The van der Waals surface area contributed by atoms with Gasteiger partial charge in [-0.1, -0.05) is 0 Å². The second-order valence-corrected chi connectivity index (χ2v) is 4.08. The van der Waals surface area contributed by atoms with Gasteiger partial charge in [0, 0.05) is 32.4 Å². The molecule has 0 saturated carbocycles. The van der Waals surface area contributed by atoms with E-state index in [0.717, 1.165) is 26.1 Å². The van der Waals surface area contributed by atoms with Gasteiger partial charge >= 0.3 is 0 Å². The Balaban J connectivity index is 2.15. The van der Waals surface area contributed by atoms with E-state index in [2.05, 4.69) is 10.4 Å². The Labute approximate surface area is 95.4 Å². The molecule has 1 fully saturated rings. The quantitative estimate of drug-likeness (QED) is 0.797. The van der Waals surface area contributed by atoms with E-state index in [1.165, 1.54) is 0 Å². The standard InChI is InChI=1S/C11H18N4O/c1-3-15(9-4-6-12-8-9)11(16)10-5-7-13-14(10)2/h5,7,9,12H,3-4,6,8H2,1-2H3. The maximum absolute atomic E-state index is 12.3. The van der Waals surface area contributed by atoms with Crippen molar-refractivity contribution in [2.24, 2.45) is 7.05 Å². The molecule has 1 aromatic rings. The molecule has 1 N–H and O–H groups in total. The van der Waals surface area contributed by atoms with Crippen LogP contribution < -0.4 is 5.32 Å². The lowest BCUT2D eigenvalue weighted by Gasteiger charge is -2.27. The monoisotopic (exact) mass is 222 g/mol. The zero-order chi connectivity index (χ0) is 11.5. The van der Waals surface area contributed by atoms with Gasteiger partial charge in [0.05, 0.1) is 0 Å². The van der Waals surface area contributed by atoms with Gasteiger partial charge in [0.25, 0.3) is 5.91 Å². The fourth-order valence-electron chi connectivity index (χ4n) is 2.20. The van der Waals surface area contributed by atoms with Crippen LogP contribution >= 0.6 is 0 Å². The van der Waals surface area contributed by atoms with E-state index in [-0.39, 0.29) is 5.91 Å². The van der Waals surface area contributed by atoms with E-state index in [4.69, 9.17) is 0 Å². The van der Waals surface area contributed by atoms with Gasteiger partial charge in [-0.05, 0) is 26.0 Å². The van der Waals surface area contributed by atoms with E-state index in [1.54, 1.807) is 24.0 Å². The largest absolute Gasteiger partial charge is 0.333 e. The van der Waals surface area contributed by atoms with Crippen molar-refractivity contribution in [2.45, 2.75) is 19.4 Å². The lowest BCUT2D eigenvalue weighted by Crippen LogP contribution is -2.42. The van der Waals surface area contributed by atoms with Crippen LogP contribution in [0.3, 0.4) is 0 Å². The molecule has 0 spiro atoms. The van der Waals surface area contributed by atoms with Crippen LogP contribution in [-0.2, 0) is 7.05 Å². The number of nitrogens with one attached hydrogen (secondary N) is 1. The fourth-order valence-corrected chi connectivity index (χ4v) is 2.20. The summed E-state index contributed by atoms with van der Waals surface area (Å²) in [6.07, 6.45) is 2.70. The Morgan fingerprint density at radius 3 is 3.06 bits per heavy atom. The Kier molecular flexibility index (Phi) is 3.24. The number of hydrogen-bond donors (Lipinski definition) is 1. The smallest absolute Gasteiger partial charge is 0.272 e. The Hall–Kier alpha value is -1.36. The second-order valence-electron chi connectivity index (χ2n) is 4.08. The normalized spacial score (nSPS) is 20.0. The molecule has 1 aliphatic rings. The maximum Gasteiger partial charge on any atom is 0.272 e. The third-order valence-electron chi connectivity index (χ3n) is 3.12. The highest BCUT2D eigenvalue weighted by atomic mass is 16.2. The minimum Gasteiger partial charge on any atom is -0.333 e. The first kappa shape index (κ1) is 11.1. The number of rotatable bonds is 3. The van der Waals surface area contributed by atoms with Gasteiger partial charge in [-0.2, -0.15) is 5.10 Å². The van der Waals surface area contributed by atoms with Crippen molar-refractivity contribution >= 4 is 5.91 Å². The van der Waals surface area contributed by atoms with Gasteiger partial charge in [0.1, 0.15) is 5.69 Å². The molecule has 0 aromatic carbocycles. The average Bonchev–Trinajstić information content (AvgIpc) is 2.90. The zero-order valence-corrected chi connectivity index (χ0v) is 9.81. The van der Waals surface area contributed by atoms with Crippen molar-refractivity contribution in [3.05, 3.63) is 18.0 Å². The lowest BCUT2D eigenvalue weighted by atomic mass is 10.2. The first-order valence-electron chi connectivity index (χ1n) is 5.73. The van der Waals surface area contributed by atoms with Crippen LogP contribution in [0.1, 0.15) is 23.8 Å².